The van der Waals surface area contributed by atoms with Crippen LogP contribution in [0.3, 0.4) is 0 Å². The Morgan fingerprint density at radius 3 is 2.39 bits per heavy atom. The lowest BCUT2D eigenvalue weighted by atomic mass is 9.91. The third kappa shape index (κ3) is 2.39. The number of aliphatic hydroxyl groups is 5. The molecular formula is C14H20O9. The van der Waals surface area contributed by atoms with Crippen molar-refractivity contribution < 1.29 is 44.5 Å². The third-order valence-corrected chi connectivity index (χ3v) is 5.06. The summed E-state index contributed by atoms with van der Waals surface area (Å²) in [6.07, 6.45) is -5.53. The lowest BCUT2D eigenvalue weighted by molar-refractivity contribution is -0.344. The van der Waals surface area contributed by atoms with Gasteiger partial charge in [-0.1, -0.05) is 0 Å². The number of ether oxygens (including phenoxy) is 4. The Bertz CT molecular complexity index is 483. The summed E-state index contributed by atoms with van der Waals surface area (Å²) in [5.41, 5.74) is 0. The molecule has 0 aromatic heterocycles. The van der Waals surface area contributed by atoms with Crippen LogP contribution in [-0.2, 0) is 18.9 Å². The molecule has 0 amide bonds. The SMILES string of the molecule is OCC1O[C@H](O[C@@H]2OC=CC3C2[C@@H](O)[C@H]2O[C@@H]32)[C@@H](O)C(O)[C@@H]1O. The van der Waals surface area contributed by atoms with Gasteiger partial charge in [0.1, 0.15) is 30.5 Å². The van der Waals surface area contributed by atoms with Gasteiger partial charge in [0.2, 0.25) is 6.29 Å². The zero-order chi connectivity index (χ0) is 16.3. The number of aliphatic hydroxyl groups excluding tert-OH is 5. The highest BCUT2D eigenvalue weighted by atomic mass is 16.8. The number of fused-ring (bicyclic) bond motifs is 3. The van der Waals surface area contributed by atoms with Crippen LogP contribution in [0.4, 0.5) is 0 Å². The molecule has 3 heterocycles. The molecule has 0 bridgehead atoms. The van der Waals surface area contributed by atoms with Crippen molar-refractivity contribution in [1.82, 2.24) is 0 Å². The smallest absolute Gasteiger partial charge is 0.207 e. The molecule has 9 nitrogen and oxygen atoms in total. The molecule has 11 atom stereocenters. The van der Waals surface area contributed by atoms with Gasteiger partial charge in [0, 0.05) is 5.92 Å². The van der Waals surface area contributed by atoms with Crippen LogP contribution in [0.5, 0.6) is 0 Å². The molecule has 9 heteroatoms. The average Bonchev–Trinajstić information content (AvgIpc) is 3.30. The van der Waals surface area contributed by atoms with Gasteiger partial charge >= 0.3 is 0 Å². The molecule has 23 heavy (non-hydrogen) atoms. The van der Waals surface area contributed by atoms with Crippen LogP contribution in [0.2, 0.25) is 0 Å². The highest BCUT2D eigenvalue weighted by Gasteiger charge is 2.64. The fourth-order valence-electron chi connectivity index (χ4n) is 3.71. The first-order valence-corrected chi connectivity index (χ1v) is 7.64. The van der Waals surface area contributed by atoms with E-state index in [-0.39, 0.29) is 24.0 Å². The third-order valence-electron chi connectivity index (χ3n) is 5.06. The number of hydrogen-bond acceptors (Lipinski definition) is 9. The summed E-state index contributed by atoms with van der Waals surface area (Å²) in [6, 6.07) is 0. The predicted octanol–water partition coefficient (Wildman–Crippen LogP) is -2.95. The molecule has 0 spiro atoms. The topological polar surface area (TPSA) is 141 Å². The Labute approximate surface area is 131 Å². The minimum absolute atomic E-state index is 0.0568. The second-order valence-corrected chi connectivity index (χ2v) is 6.38. The van der Waals surface area contributed by atoms with Gasteiger partial charge in [-0.3, -0.25) is 0 Å². The first-order valence-electron chi connectivity index (χ1n) is 7.64. The van der Waals surface area contributed by atoms with Crippen molar-refractivity contribution >= 4 is 0 Å². The Morgan fingerprint density at radius 2 is 1.65 bits per heavy atom. The Morgan fingerprint density at radius 1 is 0.870 bits per heavy atom. The molecule has 4 unspecified atom stereocenters. The van der Waals surface area contributed by atoms with Crippen LogP contribution >= 0.6 is 0 Å². The quantitative estimate of drug-likeness (QED) is 0.343. The summed E-state index contributed by atoms with van der Waals surface area (Å²) in [5.74, 6) is -0.435. The average molecular weight is 332 g/mol. The maximum atomic E-state index is 10.2. The largest absolute Gasteiger partial charge is 0.472 e. The molecule has 2 saturated heterocycles. The standard InChI is InChI=1S/C14H20O9/c15-3-5-7(16)9(18)10(19)14(21-5)23-13-6-4(1-2-20-13)11-12(22-11)8(6)17/h1-2,4-19H,3H2/t4?,5?,6?,7-,8-,9?,10+,11+,12-,13+,14-/m1/s1. The van der Waals surface area contributed by atoms with E-state index in [4.69, 9.17) is 18.9 Å². The summed E-state index contributed by atoms with van der Waals surface area (Å²) >= 11 is 0. The summed E-state index contributed by atoms with van der Waals surface area (Å²) in [4.78, 5) is 0. The minimum Gasteiger partial charge on any atom is -0.472 e. The molecule has 4 rings (SSSR count). The fourth-order valence-corrected chi connectivity index (χ4v) is 3.71. The van der Waals surface area contributed by atoms with Gasteiger partial charge < -0.3 is 44.5 Å². The van der Waals surface area contributed by atoms with Crippen LogP contribution in [0.25, 0.3) is 0 Å². The second-order valence-electron chi connectivity index (χ2n) is 6.38. The van der Waals surface area contributed by atoms with E-state index in [1.165, 1.54) is 6.26 Å². The van der Waals surface area contributed by atoms with Crippen molar-refractivity contribution in [2.75, 3.05) is 6.61 Å². The van der Waals surface area contributed by atoms with Gasteiger partial charge in [0.25, 0.3) is 0 Å². The van der Waals surface area contributed by atoms with E-state index in [1.54, 1.807) is 6.08 Å². The van der Waals surface area contributed by atoms with Crippen molar-refractivity contribution in [3.05, 3.63) is 12.3 Å². The minimum atomic E-state index is -1.52. The molecular weight excluding hydrogens is 312 g/mol. The van der Waals surface area contributed by atoms with Gasteiger partial charge in [-0.05, 0) is 6.08 Å². The maximum absolute atomic E-state index is 10.2. The van der Waals surface area contributed by atoms with E-state index >= 15 is 0 Å². The Balaban J connectivity index is 1.48. The van der Waals surface area contributed by atoms with E-state index in [1.807, 2.05) is 0 Å². The van der Waals surface area contributed by atoms with Crippen LogP contribution in [0.1, 0.15) is 0 Å². The zero-order valence-electron chi connectivity index (χ0n) is 12.1. The molecule has 130 valence electrons. The number of rotatable bonds is 3. The predicted molar refractivity (Wildman–Crippen MR) is 70.5 cm³/mol. The molecule has 1 aliphatic carbocycles. The van der Waals surface area contributed by atoms with Crippen molar-refractivity contribution in [2.24, 2.45) is 11.8 Å². The summed E-state index contributed by atoms with van der Waals surface area (Å²) in [7, 11) is 0. The molecule has 5 N–H and O–H groups in total. The van der Waals surface area contributed by atoms with Crippen molar-refractivity contribution in [3.8, 4) is 0 Å². The zero-order valence-corrected chi connectivity index (χ0v) is 12.1. The Kier molecular flexibility index (Phi) is 3.86. The van der Waals surface area contributed by atoms with Crippen molar-refractivity contribution in [1.29, 1.82) is 0 Å². The van der Waals surface area contributed by atoms with Gasteiger partial charge in [-0.25, -0.2) is 0 Å². The molecule has 0 aromatic rings. The maximum Gasteiger partial charge on any atom is 0.207 e. The summed E-state index contributed by atoms with van der Waals surface area (Å²) in [6.45, 7) is -0.539. The highest BCUT2D eigenvalue weighted by molar-refractivity contribution is 5.16. The Hall–Kier alpha value is -0.780. The normalized spacial score (nSPS) is 57.5. The summed E-state index contributed by atoms with van der Waals surface area (Å²) < 4.78 is 21.7. The van der Waals surface area contributed by atoms with E-state index in [9.17, 15) is 25.5 Å². The second kappa shape index (κ2) is 5.64. The molecule has 0 radical (unpaired) electrons. The molecule has 4 aliphatic rings. The van der Waals surface area contributed by atoms with Crippen molar-refractivity contribution in [3.63, 3.8) is 0 Å². The lowest BCUT2D eigenvalue weighted by Crippen LogP contribution is -2.60. The first kappa shape index (κ1) is 15.7. The van der Waals surface area contributed by atoms with Crippen molar-refractivity contribution in [2.45, 2.75) is 55.3 Å². The highest BCUT2D eigenvalue weighted by Crippen LogP contribution is 2.51. The van der Waals surface area contributed by atoms with E-state index in [0.29, 0.717) is 0 Å². The van der Waals surface area contributed by atoms with Crippen LogP contribution in [0.15, 0.2) is 12.3 Å². The van der Waals surface area contributed by atoms with E-state index in [0.717, 1.165) is 0 Å². The number of epoxide rings is 1. The van der Waals surface area contributed by atoms with Crippen LogP contribution < -0.4 is 0 Å². The van der Waals surface area contributed by atoms with Crippen LogP contribution in [0, 0.1) is 11.8 Å². The van der Waals surface area contributed by atoms with E-state index < -0.39 is 49.7 Å². The van der Waals surface area contributed by atoms with E-state index in [2.05, 4.69) is 0 Å². The lowest BCUT2D eigenvalue weighted by Gasteiger charge is -2.42. The summed E-state index contributed by atoms with van der Waals surface area (Å²) in [5, 5.41) is 49.0. The number of hydrogen-bond donors (Lipinski definition) is 5. The van der Waals surface area contributed by atoms with Gasteiger partial charge in [0.15, 0.2) is 6.29 Å². The molecule has 0 aromatic carbocycles. The van der Waals surface area contributed by atoms with Gasteiger partial charge in [-0.2, -0.15) is 0 Å². The molecule has 3 aliphatic heterocycles. The molecule has 1 saturated carbocycles. The van der Waals surface area contributed by atoms with Gasteiger partial charge in [-0.15, -0.1) is 0 Å². The monoisotopic (exact) mass is 332 g/mol. The molecule has 3 fully saturated rings. The van der Waals surface area contributed by atoms with Gasteiger partial charge in [0.05, 0.1) is 31.0 Å². The van der Waals surface area contributed by atoms with Crippen LogP contribution in [-0.4, -0.2) is 87.4 Å². The fraction of sp³-hybridized carbons (Fsp3) is 0.857. The first-order chi connectivity index (χ1) is 11.0.